The molecule has 0 unspecified atom stereocenters. The van der Waals surface area contributed by atoms with E-state index in [0.717, 1.165) is 22.3 Å². The molecule has 4 rings (SSSR count). The van der Waals surface area contributed by atoms with Gasteiger partial charge in [-0.15, -0.1) is 0 Å². The number of benzene rings is 1. The lowest BCUT2D eigenvalue weighted by molar-refractivity contribution is 0.0989. The molecular weight excluding hydrogens is 424 g/mol. The summed E-state index contributed by atoms with van der Waals surface area (Å²) in [5.41, 5.74) is 3.11. The summed E-state index contributed by atoms with van der Waals surface area (Å²) in [5.74, 6) is -0.244. The largest absolute Gasteiger partial charge is 0.383 e. The van der Waals surface area contributed by atoms with E-state index in [1.807, 2.05) is 36.4 Å². The van der Waals surface area contributed by atoms with Crippen molar-refractivity contribution in [2.45, 2.75) is 0 Å². The number of ether oxygens (including phenoxy) is 1. The quantitative estimate of drug-likeness (QED) is 0.291. The van der Waals surface area contributed by atoms with Crippen molar-refractivity contribution in [2.24, 2.45) is 10.2 Å². The highest BCUT2D eigenvalue weighted by atomic mass is 16.5. The van der Waals surface area contributed by atoms with Crippen LogP contribution >= 0.6 is 0 Å². The van der Waals surface area contributed by atoms with Gasteiger partial charge in [0.05, 0.1) is 18.0 Å². The number of pyridine rings is 1. The van der Waals surface area contributed by atoms with Gasteiger partial charge in [-0.05, 0) is 42.5 Å². The Bertz CT molecular complexity index is 1300. The van der Waals surface area contributed by atoms with E-state index in [0.29, 0.717) is 18.2 Å². The van der Waals surface area contributed by atoms with Crippen molar-refractivity contribution >= 4 is 34.5 Å². The highest BCUT2D eigenvalue weighted by Crippen LogP contribution is 2.23. The Balaban J connectivity index is 1.46. The van der Waals surface area contributed by atoms with Crippen LogP contribution in [0.3, 0.4) is 0 Å². The highest BCUT2D eigenvalue weighted by molar-refractivity contribution is 5.99. The number of nitrogens with zero attached hydrogens (tertiary/aromatic N) is 5. The molecule has 0 atom stereocenters. The van der Waals surface area contributed by atoms with Crippen molar-refractivity contribution in [3.05, 3.63) is 66.6 Å². The topological polar surface area (TPSA) is 147 Å². The van der Waals surface area contributed by atoms with Crippen LogP contribution in [-0.2, 0) is 4.74 Å². The predicted molar refractivity (Wildman–Crippen MR) is 121 cm³/mol. The molecule has 0 aliphatic carbocycles. The van der Waals surface area contributed by atoms with Crippen LogP contribution in [0.1, 0.15) is 10.5 Å². The summed E-state index contributed by atoms with van der Waals surface area (Å²) in [5, 5.41) is 13.2. The normalized spacial score (nSPS) is 11.1. The number of methoxy groups -OCH3 is 1. The number of hydrogen-bond acceptors (Lipinski definition) is 7. The third-order valence-corrected chi connectivity index (χ3v) is 4.50. The first kappa shape index (κ1) is 21.7. The van der Waals surface area contributed by atoms with E-state index in [4.69, 9.17) is 4.74 Å². The SMILES string of the molecule is COCCNC(=O)N=NC(=O)c1cc2cc(Nc3nccc(-c4ccccn4)n3)ccc2[nH]1. The van der Waals surface area contributed by atoms with Gasteiger partial charge in [-0.2, -0.15) is 0 Å². The predicted octanol–water partition coefficient (Wildman–Crippen LogP) is 3.71. The van der Waals surface area contributed by atoms with E-state index in [2.05, 4.69) is 40.8 Å². The molecule has 166 valence electrons. The maximum absolute atomic E-state index is 12.3. The minimum Gasteiger partial charge on any atom is -0.383 e. The molecule has 33 heavy (non-hydrogen) atoms. The number of fused-ring (bicyclic) bond motifs is 1. The first-order chi connectivity index (χ1) is 16.1. The summed E-state index contributed by atoms with van der Waals surface area (Å²) in [6.07, 6.45) is 3.36. The number of azo groups is 1. The smallest absolute Gasteiger partial charge is 0.359 e. The Hall–Kier alpha value is -4.51. The Morgan fingerprint density at radius 3 is 2.76 bits per heavy atom. The average molecular weight is 444 g/mol. The van der Waals surface area contributed by atoms with Gasteiger partial charge in [-0.3, -0.25) is 9.78 Å². The highest BCUT2D eigenvalue weighted by Gasteiger charge is 2.11. The fourth-order valence-electron chi connectivity index (χ4n) is 2.97. The third kappa shape index (κ3) is 5.60. The molecule has 0 spiro atoms. The number of nitrogens with one attached hydrogen (secondary N) is 3. The molecule has 1 aromatic carbocycles. The minimum atomic E-state index is -0.712. The van der Waals surface area contributed by atoms with Crippen molar-refractivity contribution in [3.8, 4) is 11.4 Å². The first-order valence-corrected chi connectivity index (χ1v) is 9.99. The molecule has 0 fully saturated rings. The number of amides is 3. The average Bonchev–Trinajstić information content (AvgIpc) is 3.27. The summed E-state index contributed by atoms with van der Waals surface area (Å²) in [7, 11) is 1.51. The van der Waals surface area contributed by atoms with Crippen LogP contribution in [-0.4, -0.2) is 52.1 Å². The summed E-state index contributed by atoms with van der Waals surface area (Å²) < 4.78 is 4.82. The standard InChI is InChI=1S/C22H20N8O3/c1-33-11-10-25-22(32)30-29-20(31)19-13-14-12-15(5-6-16(14)27-19)26-21-24-9-7-18(28-21)17-4-2-3-8-23-17/h2-9,12-13,27H,10-11H2,1H3,(H,25,32)(H,24,26,28). The molecule has 3 amide bonds. The molecular formula is C22H20N8O3. The lowest BCUT2D eigenvalue weighted by atomic mass is 10.2. The lowest BCUT2D eigenvalue weighted by Crippen LogP contribution is -2.23. The van der Waals surface area contributed by atoms with Crippen molar-refractivity contribution in [1.29, 1.82) is 0 Å². The van der Waals surface area contributed by atoms with Crippen LogP contribution in [0.4, 0.5) is 16.4 Å². The van der Waals surface area contributed by atoms with Gasteiger partial charge < -0.3 is 20.4 Å². The zero-order valence-corrected chi connectivity index (χ0v) is 17.6. The monoisotopic (exact) mass is 444 g/mol. The Labute approximate surface area is 188 Å². The Morgan fingerprint density at radius 1 is 1.03 bits per heavy atom. The molecule has 0 saturated heterocycles. The van der Waals surface area contributed by atoms with E-state index in [-0.39, 0.29) is 12.2 Å². The third-order valence-electron chi connectivity index (χ3n) is 4.50. The number of carbonyl (C=O) groups is 2. The van der Waals surface area contributed by atoms with E-state index in [9.17, 15) is 9.59 Å². The van der Waals surface area contributed by atoms with Crippen LogP contribution in [0.15, 0.2) is 71.2 Å². The van der Waals surface area contributed by atoms with Crippen LogP contribution < -0.4 is 10.6 Å². The van der Waals surface area contributed by atoms with E-state index in [1.54, 1.807) is 24.5 Å². The molecule has 11 nitrogen and oxygen atoms in total. The van der Waals surface area contributed by atoms with E-state index < -0.39 is 11.9 Å². The van der Waals surface area contributed by atoms with E-state index in [1.165, 1.54) is 7.11 Å². The maximum Gasteiger partial charge on any atom is 0.359 e. The zero-order chi connectivity index (χ0) is 23.0. The van der Waals surface area contributed by atoms with Gasteiger partial charge in [0.15, 0.2) is 0 Å². The molecule has 3 N–H and O–H groups in total. The van der Waals surface area contributed by atoms with Gasteiger partial charge in [0.2, 0.25) is 5.95 Å². The summed E-state index contributed by atoms with van der Waals surface area (Å²) >= 11 is 0. The van der Waals surface area contributed by atoms with Gasteiger partial charge in [-0.25, -0.2) is 14.8 Å². The van der Waals surface area contributed by atoms with Crippen molar-refractivity contribution in [3.63, 3.8) is 0 Å². The molecule has 11 heteroatoms. The van der Waals surface area contributed by atoms with Crippen molar-refractivity contribution in [2.75, 3.05) is 25.6 Å². The van der Waals surface area contributed by atoms with Gasteiger partial charge in [0.25, 0.3) is 0 Å². The molecule has 0 bridgehead atoms. The second-order valence-electron chi connectivity index (χ2n) is 6.82. The molecule has 0 aliphatic rings. The molecule has 3 heterocycles. The second-order valence-corrected chi connectivity index (χ2v) is 6.82. The maximum atomic E-state index is 12.3. The molecule has 0 saturated carbocycles. The van der Waals surface area contributed by atoms with Gasteiger partial charge in [-0.1, -0.05) is 16.3 Å². The van der Waals surface area contributed by atoms with Gasteiger partial charge in [0, 0.05) is 42.6 Å². The number of hydrogen-bond donors (Lipinski definition) is 3. The summed E-state index contributed by atoms with van der Waals surface area (Å²) in [6, 6.07) is 13.8. The Morgan fingerprint density at radius 2 is 1.94 bits per heavy atom. The number of aromatic amines is 1. The fourth-order valence-corrected chi connectivity index (χ4v) is 2.97. The van der Waals surface area contributed by atoms with Gasteiger partial charge in [0.1, 0.15) is 5.69 Å². The van der Waals surface area contributed by atoms with Crippen LogP contribution in [0.2, 0.25) is 0 Å². The Kier molecular flexibility index (Phi) is 6.71. The summed E-state index contributed by atoms with van der Waals surface area (Å²) in [4.78, 5) is 39.8. The van der Waals surface area contributed by atoms with Crippen LogP contribution in [0.5, 0.6) is 0 Å². The molecule has 0 aliphatic heterocycles. The van der Waals surface area contributed by atoms with Crippen molar-refractivity contribution in [1.82, 2.24) is 25.3 Å². The number of anilines is 2. The number of carbonyl (C=O) groups excluding carboxylic acids is 2. The lowest BCUT2D eigenvalue weighted by Gasteiger charge is -2.06. The number of urea groups is 1. The van der Waals surface area contributed by atoms with Crippen LogP contribution in [0, 0.1) is 0 Å². The number of aromatic nitrogens is 4. The molecule has 0 radical (unpaired) electrons. The van der Waals surface area contributed by atoms with Gasteiger partial charge >= 0.3 is 11.9 Å². The van der Waals surface area contributed by atoms with Crippen molar-refractivity contribution < 1.29 is 14.3 Å². The summed E-state index contributed by atoms with van der Waals surface area (Å²) in [6.45, 7) is 0.616. The molecule has 4 aromatic rings. The van der Waals surface area contributed by atoms with E-state index >= 15 is 0 Å². The second kappa shape index (κ2) is 10.2. The number of rotatable bonds is 7. The first-order valence-electron chi connectivity index (χ1n) is 9.99. The number of H-pyrrole nitrogens is 1. The minimum absolute atomic E-state index is 0.212. The fraction of sp³-hybridized carbons (Fsp3) is 0.136. The molecule has 3 aromatic heterocycles. The zero-order valence-electron chi connectivity index (χ0n) is 17.6. The van der Waals surface area contributed by atoms with Crippen LogP contribution in [0.25, 0.3) is 22.3 Å².